The summed E-state index contributed by atoms with van der Waals surface area (Å²) in [5.41, 5.74) is 4.00. The first-order valence-electron chi connectivity index (χ1n) is 10.6. The molecule has 172 valence electrons. The molecule has 3 rings (SSSR count). The first kappa shape index (κ1) is 24.2. The maximum absolute atomic E-state index is 11.1. The number of hydrogen-bond donors (Lipinski definition) is 1. The molecule has 0 saturated heterocycles. The average molecular weight is 467 g/mol. The lowest BCUT2D eigenvalue weighted by Gasteiger charge is -2.27. The van der Waals surface area contributed by atoms with Crippen molar-refractivity contribution in [2.45, 2.75) is 39.7 Å². The Morgan fingerprint density at radius 1 is 1.15 bits per heavy atom. The molecule has 0 aliphatic carbocycles. The molecular formula is C26H27ClN2O4. The van der Waals surface area contributed by atoms with Crippen LogP contribution in [0.25, 0.3) is 0 Å². The molecule has 0 unspecified atom stereocenters. The topological polar surface area (TPSA) is 84.5 Å². The van der Waals surface area contributed by atoms with E-state index in [4.69, 9.17) is 25.5 Å². The van der Waals surface area contributed by atoms with Gasteiger partial charge < -0.3 is 13.9 Å². The highest BCUT2D eigenvalue weighted by Crippen LogP contribution is 2.36. The largest absolute Gasteiger partial charge is 0.491 e. The summed E-state index contributed by atoms with van der Waals surface area (Å²) >= 11 is 5.73. The van der Waals surface area contributed by atoms with Gasteiger partial charge in [-0.1, -0.05) is 32.0 Å². The van der Waals surface area contributed by atoms with E-state index in [0.717, 1.165) is 28.0 Å². The first-order valence-corrected chi connectivity index (χ1v) is 11.1. The number of nitriles is 1. The Bertz CT molecular complexity index is 1160. The van der Waals surface area contributed by atoms with Crippen molar-refractivity contribution in [3.8, 4) is 17.6 Å². The summed E-state index contributed by atoms with van der Waals surface area (Å²) in [6.45, 7) is 8.28. The quantitative estimate of drug-likeness (QED) is 0.394. The van der Waals surface area contributed by atoms with Crippen LogP contribution in [0.4, 0.5) is 5.88 Å². The van der Waals surface area contributed by atoms with Crippen LogP contribution in [0.2, 0.25) is 0 Å². The normalized spacial score (nSPS) is 11.0. The molecule has 0 aliphatic heterocycles. The molecule has 0 fully saturated rings. The third-order valence-electron chi connectivity index (χ3n) is 5.37. The van der Waals surface area contributed by atoms with Crippen molar-refractivity contribution in [3.05, 3.63) is 76.5 Å². The zero-order valence-electron chi connectivity index (χ0n) is 19.2. The van der Waals surface area contributed by atoms with Crippen LogP contribution in [0.15, 0.2) is 53.1 Å². The van der Waals surface area contributed by atoms with Crippen LogP contribution in [-0.4, -0.2) is 18.4 Å². The molecule has 0 saturated carbocycles. The molecular weight excluding hydrogens is 440 g/mol. The number of alkyl halides is 1. The van der Waals surface area contributed by atoms with Gasteiger partial charge in [-0.25, -0.2) is 0 Å². The number of nitrogens with zero attached hydrogens (tertiary/aromatic N) is 1. The fourth-order valence-electron chi connectivity index (χ4n) is 3.54. The number of hydrogen-bond acceptors (Lipinski definition) is 5. The SMILES string of the molecule is CC(=O)Nc1cc(COc2ccc(C(C)(C)c3cc(C)c(OCCCl)c(C#N)c3)cc2)co1. The van der Waals surface area contributed by atoms with Gasteiger partial charge in [0, 0.05) is 24.0 Å². The number of ether oxygens (including phenoxy) is 2. The van der Waals surface area contributed by atoms with Crippen molar-refractivity contribution in [2.75, 3.05) is 17.8 Å². The standard InChI is InChI=1S/C26H27ClN2O4/c1-17-11-22(13-20(14-28)25(17)31-10-9-27)26(3,4)21-5-7-23(8-6-21)32-15-19-12-24(33-16-19)29-18(2)30/h5-8,11-13,16H,9-10,15H2,1-4H3,(H,29,30). The smallest absolute Gasteiger partial charge is 0.223 e. The third kappa shape index (κ3) is 5.88. The van der Waals surface area contributed by atoms with Gasteiger partial charge in [-0.3, -0.25) is 10.1 Å². The summed E-state index contributed by atoms with van der Waals surface area (Å²) < 4.78 is 16.8. The minimum absolute atomic E-state index is 0.190. The van der Waals surface area contributed by atoms with Crippen molar-refractivity contribution in [1.29, 1.82) is 5.26 Å². The van der Waals surface area contributed by atoms with E-state index in [9.17, 15) is 10.1 Å². The van der Waals surface area contributed by atoms with E-state index in [0.29, 0.717) is 36.3 Å². The van der Waals surface area contributed by atoms with Gasteiger partial charge in [0.1, 0.15) is 30.8 Å². The van der Waals surface area contributed by atoms with Crippen molar-refractivity contribution in [2.24, 2.45) is 0 Å². The Morgan fingerprint density at radius 2 is 1.88 bits per heavy atom. The molecule has 0 atom stereocenters. The number of carbonyl (C=O) groups is 1. The molecule has 3 aromatic rings. The predicted octanol–water partition coefficient (Wildman–Crippen LogP) is 5.94. The Balaban J connectivity index is 1.74. The third-order valence-corrected chi connectivity index (χ3v) is 5.53. The molecule has 1 aromatic heterocycles. The zero-order chi connectivity index (χ0) is 24.0. The second kappa shape index (κ2) is 10.5. The van der Waals surface area contributed by atoms with Crippen molar-refractivity contribution < 1.29 is 18.7 Å². The number of carbonyl (C=O) groups excluding carboxylic acids is 1. The van der Waals surface area contributed by atoms with Crippen molar-refractivity contribution in [1.82, 2.24) is 0 Å². The van der Waals surface area contributed by atoms with E-state index >= 15 is 0 Å². The van der Waals surface area contributed by atoms with E-state index in [1.54, 1.807) is 12.3 Å². The predicted molar refractivity (Wildman–Crippen MR) is 128 cm³/mol. The number of nitrogens with one attached hydrogen (secondary N) is 1. The van der Waals surface area contributed by atoms with Crippen LogP contribution in [0, 0.1) is 18.3 Å². The van der Waals surface area contributed by atoms with E-state index in [-0.39, 0.29) is 11.3 Å². The fraction of sp³-hybridized carbons (Fsp3) is 0.308. The molecule has 33 heavy (non-hydrogen) atoms. The molecule has 1 N–H and O–H groups in total. The van der Waals surface area contributed by atoms with Gasteiger partial charge in [-0.05, 0) is 41.8 Å². The number of furan rings is 1. The van der Waals surface area contributed by atoms with Gasteiger partial charge in [-0.15, -0.1) is 11.6 Å². The minimum atomic E-state index is -0.336. The highest BCUT2D eigenvalue weighted by Gasteiger charge is 2.25. The lowest BCUT2D eigenvalue weighted by atomic mass is 9.77. The molecule has 0 spiro atoms. The van der Waals surface area contributed by atoms with Crippen molar-refractivity contribution in [3.63, 3.8) is 0 Å². The van der Waals surface area contributed by atoms with E-state index in [1.165, 1.54) is 6.92 Å². The van der Waals surface area contributed by atoms with Gasteiger partial charge in [0.2, 0.25) is 5.91 Å². The Kier molecular flexibility index (Phi) is 7.67. The fourth-order valence-corrected chi connectivity index (χ4v) is 3.62. The molecule has 6 nitrogen and oxygen atoms in total. The Labute approximate surface area is 199 Å². The van der Waals surface area contributed by atoms with Gasteiger partial charge in [-0.2, -0.15) is 5.26 Å². The van der Waals surface area contributed by atoms with Crippen LogP contribution in [0.5, 0.6) is 11.5 Å². The lowest BCUT2D eigenvalue weighted by molar-refractivity contribution is -0.114. The maximum Gasteiger partial charge on any atom is 0.223 e. The summed E-state index contributed by atoms with van der Waals surface area (Å²) in [5.74, 6) is 1.87. The molecule has 0 aliphatic rings. The van der Waals surface area contributed by atoms with Crippen LogP contribution >= 0.6 is 11.6 Å². The maximum atomic E-state index is 11.1. The molecule has 7 heteroatoms. The lowest BCUT2D eigenvalue weighted by Crippen LogP contribution is -2.19. The molecule has 0 bridgehead atoms. The second-order valence-corrected chi connectivity index (χ2v) is 8.64. The summed E-state index contributed by atoms with van der Waals surface area (Å²) in [6.07, 6.45) is 1.55. The summed E-state index contributed by atoms with van der Waals surface area (Å²) in [6, 6.07) is 15.8. The number of benzene rings is 2. The average Bonchev–Trinajstić information content (AvgIpc) is 3.23. The minimum Gasteiger partial charge on any atom is -0.491 e. The van der Waals surface area contributed by atoms with Crippen LogP contribution in [0.3, 0.4) is 0 Å². The van der Waals surface area contributed by atoms with E-state index < -0.39 is 0 Å². The number of aryl methyl sites for hydroxylation is 1. The van der Waals surface area contributed by atoms with Gasteiger partial charge in [0.15, 0.2) is 5.88 Å². The summed E-state index contributed by atoms with van der Waals surface area (Å²) in [4.78, 5) is 11.1. The molecule has 1 amide bonds. The Morgan fingerprint density at radius 3 is 2.52 bits per heavy atom. The highest BCUT2D eigenvalue weighted by molar-refractivity contribution is 6.18. The second-order valence-electron chi connectivity index (χ2n) is 8.26. The molecule has 2 aromatic carbocycles. The monoisotopic (exact) mass is 466 g/mol. The summed E-state index contributed by atoms with van der Waals surface area (Å²) in [5, 5.41) is 12.2. The van der Waals surface area contributed by atoms with Gasteiger partial charge >= 0.3 is 0 Å². The van der Waals surface area contributed by atoms with Gasteiger partial charge in [0.05, 0.1) is 17.7 Å². The number of anilines is 1. The van der Waals surface area contributed by atoms with Crippen molar-refractivity contribution >= 4 is 23.4 Å². The van der Waals surface area contributed by atoms with E-state index in [1.807, 2.05) is 37.3 Å². The number of halogens is 1. The zero-order valence-corrected chi connectivity index (χ0v) is 20.0. The van der Waals surface area contributed by atoms with Gasteiger partial charge in [0.25, 0.3) is 0 Å². The summed E-state index contributed by atoms with van der Waals surface area (Å²) in [7, 11) is 0. The Hall–Kier alpha value is -3.43. The van der Waals surface area contributed by atoms with Crippen LogP contribution in [-0.2, 0) is 16.8 Å². The van der Waals surface area contributed by atoms with Crippen LogP contribution in [0.1, 0.15) is 48.6 Å². The van der Waals surface area contributed by atoms with Crippen LogP contribution < -0.4 is 14.8 Å². The number of rotatable bonds is 9. The number of amides is 1. The molecule has 0 radical (unpaired) electrons. The molecule has 1 heterocycles. The van der Waals surface area contributed by atoms with E-state index in [2.05, 4.69) is 31.3 Å². The highest BCUT2D eigenvalue weighted by atomic mass is 35.5. The first-order chi connectivity index (χ1) is 15.7.